The van der Waals surface area contributed by atoms with Gasteiger partial charge in [0, 0.05) is 16.1 Å². The molecule has 0 amide bonds. The van der Waals surface area contributed by atoms with Crippen LogP contribution in [0.3, 0.4) is 0 Å². The van der Waals surface area contributed by atoms with E-state index in [4.69, 9.17) is 27.6 Å². The molecule has 4 rings (SSSR count). The SMILES string of the molecule is Cc1ccc(N[C@H](c2nnc(-c3cccc(F)c3)o2)c2ccc(F)cc2Cl)c(Cl)c1. The van der Waals surface area contributed by atoms with Crippen LogP contribution in [0.25, 0.3) is 11.5 Å². The van der Waals surface area contributed by atoms with Crippen molar-refractivity contribution in [2.75, 3.05) is 5.32 Å². The van der Waals surface area contributed by atoms with Gasteiger partial charge >= 0.3 is 0 Å². The van der Waals surface area contributed by atoms with Gasteiger partial charge in [-0.25, -0.2) is 8.78 Å². The summed E-state index contributed by atoms with van der Waals surface area (Å²) in [5.74, 6) is -0.583. The summed E-state index contributed by atoms with van der Waals surface area (Å²) in [5, 5.41) is 12.0. The van der Waals surface area contributed by atoms with Crippen molar-refractivity contribution in [3.8, 4) is 11.5 Å². The van der Waals surface area contributed by atoms with E-state index in [9.17, 15) is 8.78 Å². The van der Waals surface area contributed by atoms with E-state index in [0.29, 0.717) is 21.8 Å². The molecule has 30 heavy (non-hydrogen) atoms. The summed E-state index contributed by atoms with van der Waals surface area (Å²) >= 11 is 12.7. The first-order chi connectivity index (χ1) is 14.4. The Hall–Kier alpha value is -2.96. The number of hydrogen-bond donors (Lipinski definition) is 1. The first-order valence-electron chi connectivity index (χ1n) is 8.97. The lowest BCUT2D eigenvalue weighted by molar-refractivity contribution is 0.493. The summed E-state index contributed by atoms with van der Waals surface area (Å²) in [6.45, 7) is 1.92. The molecule has 0 aliphatic carbocycles. The third-order valence-electron chi connectivity index (χ3n) is 4.46. The van der Waals surface area contributed by atoms with E-state index in [-0.39, 0.29) is 16.8 Å². The van der Waals surface area contributed by atoms with Crippen molar-refractivity contribution in [3.63, 3.8) is 0 Å². The number of hydrogen-bond acceptors (Lipinski definition) is 4. The van der Waals surface area contributed by atoms with Crippen molar-refractivity contribution in [2.24, 2.45) is 0 Å². The highest BCUT2D eigenvalue weighted by Gasteiger charge is 2.25. The van der Waals surface area contributed by atoms with Crippen molar-refractivity contribution in [1.82, 2.24) is 10.2 Å². The molecule has 0 aliphatic heterocycles. The van der Waals surface area contributed by atoms with Gasteiger partial charge in [-0.05, 0) is 55.0 Å². The largest absolute Gasteiger partial charge is 0.418 e. The van der Waals surface area contributed by atoms with Gasteiger partial charge < -0.3 is 9.73 Å². The Kier molecular flexibility index (Phi) is 5.70. The number of halogens is 4. The fraction of sp³-hybridized carbons (Fsp3) is 0.0909. The van der Waals surface area contributed by atoms with Crippen molar-refractivity contribution in [2.45, 2.75) is 13.0 Å². The van der Waals surface area contributed by atoms with Crippen molar-refractivity contribution in [3.05, 3.63) is 99.4 Å². The zero-order chi connectivity index (χ0) is 21.3. The summed E-state index contributed by atoms with van der Waals surface area (Å²) in [6.07, 6.45) is 0. The molecule has 0 radical (unpaired) electrons. The van der Waals surface area contributed by atoms with E-state index >= 15 is 0 Å². The van der Waals surface area contributed by atoms with E-state index in [1.807, 2.05) is 19.1 Å². The van der Waals surface area contributed by atoms with Crippen LogP contribution in [0, 0.1) is 18.6 Å². The highest BCUT2D eigenvalue weighted by molar-refractivity contribution is 6.33. The number of nitrogens with one attached hydrogen (secondary N) is 1. The topological polar surface area (TPSA) is 51.0 Å². The Morgan fingerprint density at radius 2 is 1.70 bits per heavy atom. The molecule has 3 aromatic carbocycles. The number of aryl methyl sites for hydroxylation is 1. The van der Waals surface area contributed by atoms with Crippen LogP contribution in [-0.2, 0) is 0 Å². The third kappa shape index (κ3) is 4.30. The molecular weight excluding hydrogens is 431 g/mol. The first-order valence-corrected chi connectivity index (χ1v) is 9.73. The smallest absolute Gasteiger partial charge is 0.247 e. The average molecular weight is 446 g/mol. The molecule has 8 heteroatoms. The fourth-order valence-corrected chi connectivity index (χ4v) is 3.56. The lowest BCUT2D eigenvalue weighted by atomic mass is 10.1. The molecule has 0 saturated carbocycles. The van der Waals surface area contributed by atoms with Crippen LogP contribution >= 0.6 is 23.2 Å². The zero-order valence-corrected chi connectivity index (χ0v) is 17.2. The van der Waals surface area contributed by atoms with Crippen LogP contribution < -0.4 is 5.32 Å². The van der Waals surface area contributed by atoms with Gasteiger partial charge in [0.25, 0.3) is 0 Å². The van der Waals surface area contributed by atoms with Gasteiger partial charge in [-0.3, -0.25) is 0 Å². The number of rotatable bonds is 5. The van der Waals surface area contributed by atoms with Gasteiger partial charge in [0.1, 0.15) is 17.7 Å². The maximum absolute atomic E-state index is 13.6. The minimum absolute atomic E-state index is 0.143. The van der Waals surface area contributed by atoms with E-state index in [0.717, 1.165) is 5.56 Å². The maximum Gasteiger partial charge on any atom is 0.247 e. The molecule has 1 aromatic heterocycles. The molecule has 4 aromatic rings. The Balaban J connectivity index is 1.77. The predicted octanol–water partition coefficient (Wildman–Crippen LogP) is 6.83. The Morgan fingerprint density at radius 1 is 0.900 bits per heavy atom. The van der Waals surface area contributed by atoms with E-state index in [2.05, 4.69) is 15.5 Å². The summed E-state index contributed by atoms with van der Waals surface area (Å²) in [4.78, 5) is 0. The van der Waals surface area contributed by atoms with E-state index in [1.165, 1.54) is 30.3 Å². The summed E-state index contributed by atoms with van der Waals surface area (Å²) in [7, 11) is 0. The predicted molar refractivity (Wildman–Crippen MR) is 113 cm³/mol. The molecule has 152 valence electrons. The van der Waals surface area contributed by atoms with Gasteiger partial charge in [-0.1, -0.05) is 41.4 Å². The maximum atomic E-state index is 13.6. The van der Waals surface area contributed by atoms with Crippen molar-refractivity contribution in [1.29, 1.82) is 0 Å². The number of anilines is 1. The molecule has 4 nitrogen and oxygen atoms in total. The third-order valence-corrected chi connectivity index (χ3v) is 5.10. The Labute approximate surface area is 181 Å². The molecule has 0 spiro atoms. The highest BCUT2D eigenvalue weighted by Crippen LogP contribution is 2.35. The van der Waals surface area contributed by atoms with Crippen LogP contribution in [0.1, 0.15) is 23.1 Å². The average Bonchev–Trinajstić information content (AvgIpc) is 3.18. The minimum Gasteiger partial charge on any atom is -0.418 e. The minimum atomic E-state index is -0.715. The van der Waals surface area contributed by atoms with Crippen molar-refractivity contribution >= 4 is 28.9 Å². The molecule has 1 atom stereocenters. The Morgan fingerprint density at radius 3 is 2.43 bits per heavy atom. The molecule has 0 fully saturated rings. The molecular formula is C22H15Cl2F2N3O. The van der Waals surface area contributed by atoms with E-state index in [1.54, 1.807) is 18.2 Å². The summed E-state index contributed by atoms with van der Waals surface area (Å²) in [5.41, 5.74) is 2.56. The van der Waals surface area contributed by atoms with Crippen LogP contribution in [-0.4, -0.2) is 10.2 Å². The lowest BCUT2D eigenvalue weighted by Crippen LogP contribution is -2.14. The summed E-state index contributed by atoms with van der Waals surface area (Å²) in [6, 6.07) is 14.6. The fourth-order valence-electron chi connectivity index (χ4n) is 2.99. The first kappa shape index (κ1) is 20.3. The number of benzene rings is 3. The van der Waals surface area contributed by atoms with Gasteiger partial charge in [0.2, 0.25) is 11.8 Å². The number of aromatic nitrogens is 2. The van der Waals surface area contributed by atoms with Gasteiger partial charge in [-0.2, -0.15) is 0 Å². The monoisotopic (exact) mass is 445 g/mol. The molecule has 0 unspecified atom stereocenters. The van der Waals surface area contributed by atoms with Crippen LogP contribution in [0.5, 0.6) is 0 Å². The lowest BCUT2D eigenvalue weighted by Gasteiger charge is -2.19. The second-order valence-corrected chi connectivity index (χ2v) is 7.50. The molecule has 0 bridgehead atoms. The second kappa shape index (κ2) is 8.42. The molecule has 1 heterocycles. The quantitative estimate of drug-likeness (QED) is 0.365. The second-order valence-electron chi connectivity index (χ2n) is 6.68. The van der Waals surface area contributed by atoms with E-state index < -0.39 is 17.7 Å². The number of nitrogens with zero attached hydrogens (tertiary/aromatic N) is 2. The Bertz CT molecular complexity index is 1210. The van der Waals surface area contributed by atoms with Crippen LogP contribution in [0.2, 0.25) is 10.0 Å². The van der Waals surface area contributed by atoms with Crippen LogP contribution in [0.4, 0.5) is 14.5 Å². The normalized spacial score (nSPS) is 12.0. The molecule has 0 saturated heterocycles. The highest BCUT2D eigenvalue weighted by atomic mass is 35.5. The van der Waals surface area contributed by atoms with Gasteiger partial charge in [-0.15, -0.1) is 10.2 Å². The molecule has 1 N–H and O–H groups in total. The van der Waals surface area contributed by atoms with Gasteiger partial charge in [0.15, 0.2) is 0 Å². The van der Waals surface area contributed by atoms with Gasteiger partial charge in [0.05, 0.1) is 10.7 Å². The van der Waals surface area contributed by atoms with Crippen LogP contribution in [0.15, 0.2) is 65.1 Å². The molecule has 0 aliphatic rings. The zero-order valence-electron chi connectivity index (χ0n) is 15.7. The summed E-state index contributed by atoms with van der Waals surface area (Å²) < 4.78 is 33.0. The van der Waals surface area contributed by atoms with Crippen molar-refractivity contribution < 1.29 is 13.2 Å². The standard InChI is InChI=1S/C22H15Cl2F2N3O/c1-12-5-8-19(18(24)9-12)27-20(16-7-6-15(26)11-17(16)23)22-29-28-21(30-22)13-3-2-4-14(25)10-13/h2-11,20,27H,1H3/t20-/m0/s1.